The van der Waals surface area contributed by atoms with E-state index >= 15 is 0 Å². The van der Waals surface area contributed by atoms with Gasteiger partial charge < -0.3 is 9.64 Å². The van der Waals surface area contributed by atoms with Gasteiger partial charge >= 0.3 is 0 Å². The first-order valence-corrected chi connectivity index (χ1v) is 11.7. The Bertz CT molecular complexity index is 1180. The van der Waals surface area contributed by atoms with E-state index < -0.39 is 20.0 Å². The van der Waals surface area contributed by atoms with Gasteiger partial charge in [-0.2, -0.15) is 0 Å². The average molecular weight is 440 g/mol. The van der Waals surface area contributed by atoms with Crippen molar-refractivity contribution in [3.8, 4) is 5.75 Å². The van der Waals surface area contributed by atoms with E-state index in [0.29, 0.717) is 18.7 Å². The number of carbonyl (C=O) groups is 1. The number of methoxy groups -OCH3 is 1. The predicted octanol–water partition coefficient (Wildman–Crippen LogP) is 1.44. The third-order valence-corrected chi connectivity index (χ3v) is 6.89. The van der Waals surface area contributed by atoms with Gasteiger partial charge in [0.15, 0.2) is 0 Å². The van der Waals surface area contributed by atoms with Crippen LogP contribution in [-0.2, 0) is 31.3 Å². The van der Waals surface area contributed by atoms with Crippen LogP contribution in [0.2, 0.25) is 0 Å². The summed E-state index contributed by atoms with van der Waals surface area (Å²) in [5, 5.41) is 5.17. The Hall–Kier alpha value is -2.63. The standard InChI is InChI=1S/C18H21N3O6S2/c1-12(22)21-9-3-4-13-10-15(6-7-16(13)21)29(25,26)20-14-5-8-17(27-2)18(11-14)28(19,23)24/h5-8,10-11,20H,3-4,9H2,1-2H3,(H2,19,23,24). The molecule has 0 atom stereocenters. The van der Waals surface area contributed by atoms with Crippen LogP contribution in [0.1, 0.15) is 18.9 Å². The van der Waals surface area contributed by atoms with Crippen molar-refractivity contribution in [2.24, 2.45) is 5.14 Å². The zero-order valence-corrected chi connectivity index (χ0v) is 17.5. The van der Waals surface area contributed by atoms with E-state index in [-0.39, 0.29) is 27.1 Å². The number of ether oxygens (including phenoxy) is 1. The van der Waals surface area contributed by atoms with Gasteiger partial charge in [-0.15, -0.1) is 0 Å². The molecule has 156 valence electrons. The molecule has 0 fully saturated rings. The third kappa shape index (κ3) is 4.36. The fourth-order valence-corrected chi connectivity index (χ4v) is 5.07. The van der Waals surface area contributed by atoms with Gasteiger partial charge in [0.05, 0.1) is 17.7 Å². The molecule has 0 aliphatic carbocycles. The summed E-state index contributed by atoms with van der Waals surface area (Å²) in [6.07, 6.45) is 1.39. The molecule has 0 bridgehead atoms. The van der Waals surface area contributed by atoms with Crippen molar-refractivity contribution < 1.29 is 26.4 Å². The molecule has 11 heteroatoms. The maximum absolute atomic E-state index is 12.8. The molecular formula is C18H21N3O6S2. The topological polar surface area (TPSA) is 136 Å². The highest BCUT2D eigenvalue weighted by atomic mass is 32.2. The first-order valence-electron chi connectivity index (χ1n) is 8.67. The highest BCUT2D eigenvalue weighted by Gasteiger charge is 2.24. The molecule has 0 spiro atoms. The summed E-state index contributed by atoms with van der Waals surface area (Å²) in [5.41, 5.74) is 1.48. The minimum atomic E-state index is -4.11. The second-order valence-electron chi connectivity index (χ2n) is 6.58. The molecule has 3 N–H and O–H groups in total. The molecule has 0 radical (unpaired) electrons. The van der Waals surface area contributed by atoms with Gasteiger partial charge in [-0.3, -0.25) is 9.52 Å². The van der Waals surface area contributed by atoms with Crippen LogP contribution in [-0.4, -0.2) is 36.4 Å². The molecular weight excluding hydrogens is 418 g/mol. The van der Waals surface area contributed by atoms with E-state index in [1.54, 1.807) is 11.0 Å². The molecule has 0 saturated heterocycles. The number of carbonyl (C=O) groups excluding carboxylic acids is 1. The number of hydrogen-bond acceptors (Lipinski definition) is 6. The molecule has 1 amide bonds. The van der Waals surface area contributed by atoms with Crippen molar-refractivity contribution in [2.45, 2.75) is 29.6 Å². The number of primary sulfonamides is 1. The number of nitrogens with one attached hydrogen (secondary N) is 1. The molecule has 3 rings (SSSR count). The average Bonchev–Trinajstić information content (AvgIpc) is 2.66. The molecule has 2 aromatic carbocycles. The first-order chi connectivity index (χ1) is 13.5. The van der Waals surface area contributed by atoms with Crippen LogP contribution < -0.4 is 19.5 Å². The molecule has 2 aromatic rings. The highest BCUT2D eigenvalue weighted by molar-refractivity contribution is 7.92. The number of benzene rings is 2. The van der Waals surface area contributed by atoms with Crippen LogP contribution in [0.25, 0.3) is 0 Å². The number of rotatable bonds is 5. The van der Waals surface area contributed by atoms with Gasteiger partial charge in [-0.1, -0.05) is 0 Å². The Morgan fingerprint density at radius 1 is 1.14 bits per heavy atom. The van der Waals surface area contributed by atoms with Gasteiger partial charge in [0.2, 0.25) is 15.9 Å². The van der Waals surface area contributed by atoms with Gasteiger partial charge in [0.25, 0.3) is 10.0 Å². The monoisotopic (exact) mass is 439 g/mol. The lowest BCUT2D eigenvalue weighted by atomic mass is 10.0. The minimum Gasteiger partial charge on any atom is -0.495 e. The molecule has 29 heavy (non-hydrogen) atoms. The van der Waals surface area contributed by atoms with Crippen molar-refractivity contribution in [1.29, 1.82) is 0 Å². The fourth-order valence-electron chi connectivity index (χ4n) is 3.24. The number of sulfonamides is 2. The van der Waals surface area contributed by atoms with Crippen molar-refractivity contribution >= 4 is 37.3 Å². The Balaban J connectivity index is 1.96. The molecule has 1 aliphatic heterocycles. The highest BCUT2D eigenvalue weighted by Crippen LogP contribution is 2.31. The zero-order chi connectivity index (χ0) is 21.4. The molecule has 1 aliphatic rings. The number of hydrogen-bond donors (Lipinski definition) is 2. The Morgan fingerprint density at radius 3 is 2.48 bits per heavy atom. The van der Waals surface area contributed by atoms with Crippen molar-refractivity contribution in [3.63, 3.8) is 0 Å². The number of nitrogens with zero attached hydrogens (tertiary/aromatic N) is 1. The maximum Gasteiger partial charge on any atom is 0.261 e. The second-order valence-corrected chi connectivity index (χ2v) is 9.79. The molecule has 0 unspecified atom stereocenters. The lowest BCUT2D eigenvalue weighted by molar-refractivity contribution is -0.116. The van der Waals surface area contributed by atoms with E-state index in [2.05, 4.69) is 4.72 Å². The normalized spacial score (nSPS) is 14.2. The zero-order valence-electron chi connectivity index (χ0n) is 15.9. The largest absolute Gasteiger partial charge is 0.495 e. The Morgan fingerprint density at radius 2 is 1.86 bits per heavy atom. The van der Waals surface area contributed by atoms with Gasteiger partial charge in [0, 0.05) is 19.2 Å². The Labute approximate surface area is 169 Å². The summed E-state index contributed by atoms with van der Waals surface area (Å²) in [4.78, 5) is 13.1. The van der Waals surface area contributed by atoms with Gasteiger partial charge in [-0.25, -0.2) is 22.0 Å². The van der Waals surface area contributed by atoms with Crippen LogP contribution in [0.5, 0.6) is 5.75 Å². The van der Waals surface area contributed by atoms with E-state index in [9.17, 15) is 21.6 Å². The molecule has 9 nitrogen and oxygen atoms in total. The van der Waals surface area contributed by atoms with Crippen LogP contribution in [0, 0.1) is 0 Å². The summed E-state index contributed by atoms with van der Waals surface area (Å²) in [5.74, 6) is -0.0954. The maximum atomic E-state index is 12.8. The smallest absolute Gasteiger partial charge is 0.261 e. The molecule has 1 heterocycles. The van der Waals surface area contributed by atoms with Crippen molar-refractivity contribution in [3.05, 3.63) is 42.0 Å². The summed E-state index contributed by atoms with van der Waals surface area (Å²) >= 11 is 0. The summed E-state index contributed by atoms with van der Waals surface area (Å²) in [6, 6.07) is 8.33. The van der Waals surface area contributed by atoms with Crippen LogP contribution in [0.4, 0.5) is 11.4 Å². The van der Waals surface area contributed by atoms with Crippen LogP contribution in [0.15, 0.2) is 46.2 Å². The fraction of sp³-hybridized carbons (Fsp3) is 0.278. The lowest BCUT2D eigenvalue weighted by Crippen LogP contribution is -2.33. The van der Waals surface area contributed by atoms with Crippen LogP contribution >= 0.6 is 0 Å². The van der Waals surface area contributed by atoms with Crippen molar-refractivity contribution in [2.75, 3.05) is 23.3 Å². The first kappa shape index (κ1) is 21.1. The van der Waals surface area contributed by atoms with E-state index in [1.807, 2.05) is 0 Å². The van der Waals surface area contributed by atoms with Gasteiger partial charge in [0.1, 0.15) is 10.6 Å². The predicted molar refractivity (Wildman–Crippen MR) is 108 cm³/mol. The quantitative estimate of drug-likeness (QED) is 0.724. The summed E-state index contributed by atoms with van der Waals surface area (Å²) < 4.78 is 56.4. The molecule has 0 aromatic heterocycles. The van der Waals surface area contributed by atoms with E-state index in [1.165, 1.54) is 38.3 Å². The SMILES string of the molecule is COc1ccc(NS(=O)(=O)c2ccc3c(c2)CCCN3C(C)=O)cc1S(N)(=O)=O. The third-order valence-electron chi connectivity index (χ3n) is 4.58. The minimum absolute atomic E-state index is 0.00792. The lowest BCUT2D eigenvalue weighted by Gasteiger charge is -2.28. The molecule has 0 saturated carbocycles. The van der Waals surface area contributed by atoms with Crippen molar-refractivity contribution in [1.82, 2.24) is 0 Å². The summed E-state index contributed by atoms with van der Waals surface area (Å²) in [6.45, 7) is 2.06. The number of aryl methyl sites for hydroxylation is 1. The van der Waals surface area contributed by atoms with Crippen LogP contribution in [0.3, 0.4) is 0 Å². The van der Waals surface area contributed by atoms with E-state index in [0.717, 1.165) is 18.1 Å². The number of anilines is 2. The number of fused-ring (bicyclic) bond motifs is 1. The second kappa shape index (κ2) is 7.65. The number of nitrogens with two attached hydrogens (primary N) is 1. The number of amides is 1. The van der Waals surface area contributed by atoms with E-state index in [4.69, 9.17) is 9.88 Å². The summed E-state index contributed by atoms with van der Waals surface area (Å²) in [7, 11) is -6.83. The van der Waals surface area contributed by atoms with Gasteiger partial charge in [-0.05, 0) is 54.8 Å². The Kier molecular flexibility index (Phi) is 5.57.